The predicted molar refractivity (Wildman–Crippen MR) is 68.0 cm³/mol. The third-order valence-electron chi connectivity index (χ3n) is 2.19. The molecule has 1 atom stereocenters. The van der Waals surface area contributed by atoms with E-state index in [4.69, 9.17) is 0 Å². The second-order valence-corrected chi connectivity index (χ2v) is 5.73. The van der Waals surface area contributed by atoms with Crippen LogP contribution in [-0.2, 0) is 0 Å². The Balaban J connectivity index is 0.00000112. The number of hydrogen-bond acceptors (Lipinski definition) is 3. The Kier molecular flexibility index (Phi) is 5.05. The van der Waals surface area contributed by atoms with Gasteiger partial charge in [-0.2, -0.15) is 0 Å². The predicted octanol–water partition coefficient (Wildman–Crippen LogP) is 2.02. The molecule has 3 nitrogen and oxygen atoms in total. The second-order valence-electron chi connectivity index (χ2n) is 3.27. The first-order chi connectivity index (χ1) is 6.75. The minimum atomic E-state index is 0. The van der Waals surface area contributed by atoms with E-state index in [1.165, 1.54) is 11.3 Å². The van der Waals surface area contributed by atoms with Crippen LogP contribution in [-0.4, -0.2) is 25.0 Å². The summed E-state index contributed by atoms with van der Waals surface area (Å²) in [5.41, 5.74) is 0. The van der Waals surface area contributed by atoms with Crippen LogP contribution < -0.4 is 10.6 Å². The maximum atomic E-state index is 11.7. The van der Waals surface area contributed by atoms with Crippen molar-refractivity contribution in [1.82, 2.24) is 10.6 Å². The first-order valence-corrected chi connectivity index (χ1v) is 6.13. The number of amides is 1. The number of carbonyl (C=O) groups excluding carboxylic acids is 1. The molecule has 2 N–H and O–H groups in total. The lowest BCUT2D eigenvalue weighted by Crippen LogP contribution is -2.35. The number of carbonyl (C=O) groups is 1. The van der Waals surface area contributed by atoms with Gasteiger partial charge in [0.15, 0.2) is 0 Å². The number of rotatable bonds is 2. The molecule has 0 bridgehead atoms. The third-order valence-corrected chi connectivity index (χ3v) is 3.81. The summed E-state index contributed by atoms with van der Waals surface area (Å²) in [6.07, 6.45) is 1.03. The monoisotopic (exact) mass is 310 g/mol. The lowest BCUT2D eigenvalue weighted by molar-refractivity contribution is 0.0944. The second kappa shape index (κ2) is 5.84. The zero-order valence-electron chi connectivity index (χ0n) is 7.96. The van der Waals surface area contributed by atoms with Crippen molar-refractivity contribution in [2.24, 2.45) is 0 Å². The van der Waals surface area contributed by atoms with Crippen LogP contribution in [0.25, 0.3) is 0 Å². The molecule has 1 aromatic rings. The van der Waals surface area contributed by atoms with Crippen molar-refractivity contribution in [2.75, 3.05) is 13.1 Å². The van der Waals surface area contributed by atoms with Gasteiger partial charge in [0, 0.05) is 12.6 Å². The lowest BCUT2D eigenvalue weighted by atomic mass is 10.2. The largest absolute Gasteiger partial charge is 0.347 e. The zero-order chi connectivity index (χ0) is 9.97. The standard InChI is InChI=1S/C9H11BrN2OS.ClH/c10-8-2-1-7(14-8)9(13)12-6-3-4-11-5-6;/h1-2,6,11H,3-5H2,(H,12,13);1H. The van der Waals surface area contributed by atoms with E-state index in [-0.39, 0.29) is 18.3 Å². The molecule has 0 radical (unpaired) electrons. The number of halogens is 2. The van der Waals surface area contributed by atoms with Crippen LogP contribution in [0.4, 0.5) is 0 Å². The van der Waals surface area contributed by atoms with Crippen LogP contribution in [0.2, 0.25) is 0 Å². The fourth-order valence-corrected chi connectivity index (χ4v) is 2.76. The van der Waals surface area contributed by atoms with Gasteiger partial charge in [0.2, 0.25) is 0 Å². The summed E-state index contributed by atoms with van der Waals surface area (Å²) in [6.45, 7) is 1.89. The summed E-state index contributed by atoms with van der Waals surface area (Å²) in [4.78, 5) is 12.4. The smallest absolute Gasteiger partial charge is 0.261 e. The molecule has 0 saturated carbocycles. The van der Waals surface area contributed by atoms with Crippen molar-refractivity contribution < 1.29 is 4.79 Å². The molecule has 2 heterocycles. The molecule has 1 aliphatic rings. The highest BCUT2D eigenvalue weighted by Gasteiger charge is 2.18. The van der Waals surface area contributed by atoms with Gasteiger partial charge in [0.25, 0.3) is 5.91 Å². The van der Waals surface area contributed by atoms with Crippen molar-refractivity contribution in [3.05, 3.63) is 20.8 Å². The minimum Gasteiger partial charge on any atom is -0.347 e. The average molecular weight is 312 g/mol. The number of hydrogen-bond donors (Lipinski definition) is 2. The Hall–Kier alpha value is -0.100. The van der Waals surface area contributed by atoms with Crippen molar-refractivity contribution in [2.45, 2.75) is 12.5 Å². The van der Waals surface area contributed by atoms with E-state index in [1.54, 1.807) is 0 Å². The summed E-state index contributed by atoms with van der Waals surface area (Å²) in [6, 6.07) is 4.03. The molecule has 1 saturated heterocycles. The van der Waals surface area contributed by atoms with Gasteiger partial charge in [-0.15, -0.1) is 23.7 Å². The molecule has 0 aliphatic carbocycles. The van der Waals surface area contributed by atoms with Crippen LogP contribution in [0.1, 0.15) is 16.1 Å². The van der Waals surface area contributed by atoms with Gasteiger partial charge >= 0.3 is 0 Å². The molecule has 84 valence electrons. The highest BCUT2D eigenvalue weighted by molar-refractivity contribution is 9.11. The Labute approximate surface area is 107 Å². The number of nitrogens with one attached hydrogen (secondary N) is 2. The summed E-state index contributed by atoms with van der Waals surface area (Å²) < 4.78 is 0.993. The molecule has 1 aromatic heterocycles. The van der Waals surface area contributed by atoms with Crippen molar-refractivity contribution in [1.29, 1.82) is 0 Å². The van der Waals surface area contributed by atoms with Gasteiger partial charge in [-0.05, 0) is 41.0 Å². The molecule has 1 fully saturated rings. The summed E-state index contributed by atoms with van der Waals surface area (Å²) in [7, 11) is 0. The van der Waals surface area contributed by atoms with Crippen LogP contribution in [0.3, 0.4) is 0 Å². The summed E-state index contributed by atoms with van der Waals surface area (Å²) in [5.74, 6) is 0.0365. The van der Waals surface area contributed by atoms with Crippen molar-refractivity contribution in [3.8, 4) is 0 Å². The van der Waals surface area contributed by atoms with E-state index in [0.717, 1.165) is 28.2 Å². The molecule has 1 amide bonds. The van der Waals surface area contributed by atoms with E-state index >= 15 is 0 Å². The maximum Gasteiger partial charge on any atom is 0.261 e. The first kappa shape index (κ1) is 13.0. The molecular formula is C9H12BrClN2OS. The highest BCUT2D eigenvalue weighted by atomic mass is 79.9. The average Bonchev–Trinajstić information content (AvgIpc) is 2.75. The van der Waals surface area contributed by atoms with Crippen LogP contribution >= 0.6 is 39.7 Å². The minimum absolute atomic E-state index is 0. The molecule has 1 aliphatic heterocycles. The molecule has 1 unspecified atom stereocenters. The SMILES string of the molecule is Cl.O=C(NC1CCNC1)c1ccc(Br)s1. The topological polar surface area (TPSA) is 41.1 Å². The third kappa shape index (κ3) is 3.45. The van der Waals surface area contributed by atoms with Crippen LogP contribution in [0.5, 0.6) is 0 Å². The fraction of sp³-hybridized carbons (Fsp3) is 0.444. The van der Waals surface area contributed by atoms with E-state index in [0.29, 0.717) is 6.04 Å². The zero-order valence-corrected chi connectivity index (χ0v) is 11.2. The van der Waals surface area contributed by atoms with E-state index in [2.05, 4.69) is 26.6 Å². The van der Waals surface area contributed by atoms with Gasteiger partial charge in [-0.1, -0.05) is 0 Å². The fourth-order valence-electron chi connectivity index (χ4n) is 1.47. The van der Waals surface area contributed by atoms with E-state index in [9.17, 15) is 4.79 Å². The Morgan fingerprint density at radius 1 is 1.60 bits per heavy atom. The van der Waals surface area contributed by atoms with Gasteiger partial charge in [-0.3, -0.25) is 4.79 Å². The van der Waals surface area contributed by atoms with E-state index < -0.39 is 0 Å². The normalized spacial score (nSPS) is 19.7. The lowest BCUT2D eigenvalue weighted by Gasteiger charge is -2.09. The van der Waals surface area contributed by atoms with Gasteiger partial charge in [0.1, 0.15) is 0 Å². The molecule has 2 rings (SSSR count). The summed E-state index contributed by atoms with van der Waals surface area (Å²) in [5, 5.41) is 6.21. The van der Waals surface area contributed by atoms with Gasteiger partial charge < -0.3 is 10.6 Å². The van der Waals surface area contributed by atoms with Gasteiger partial charge in [0.05, 0.1) is 8.66 Å². The molecule has 6 heteroatoms. The van der Waals surface area contributed by atoms with Crippen molar-refractivity contribution >= 4 is 45.6 Å². The van der Waals surface area contributed by atoms with Crippen molar-refractivity contribution in [3.63, 3.8) is 0 Å². The highest BCUT2D eigenvalue weighted by Crippen LogP contribution is 2.22. The Morgan fingerprint density at radius 3 is 2.93 bits per heavy atom. The molecule has 0 aromatic carbocycles. The molecular weight excluding hydrogens is 300 g/mol. The van der Waals surface area contributed by atoms with Crippen LogP contribution in [0, 0.1) is 0 Å². The van der Waals surface area contributed by atoms with Crippen LogP contribution in [0.15, 0.2) is 15.9 Å². The quantitative estimate of drug-likeness (QED) is 0.877. The molecule has 0 spiro atoms. The van der Waals surface area contributed by atoms with Gasteiger partial charge in [-0.25, -0.2) is 0 Å². The number of thiophene rings is 1. The summed E-state index contributed by atoms with van der Waals surface area (Å²) >= 11 is 4.80. The Morgan fingerprint density at radius 2 is 2.40 bits per heavy atom. The first-order valence-electron chi connectivity index (χ1n) is 4.52. The molecule has 15 heavy (non-hydrogen) atoms. The maximum absolute atomic E-state index is 11.7. The van der Waals surface area contributed by atoms with E-state index in [1.807, 2.05) is 12.1 Å². The Bertz CT molecular complexity index is 339.